The number of nitrogens with zero attached hydrogens (tertiary/aromatic N) is 4. The Balaban J connectivity index is 1.29. The molecule has 0 spiro atoms. The van der Waals surface area contributed by atoms with Gasteiger partial charge in [0.1, 0.15) is 23.7 Å². The smallest absolute Gasteiger partial charge is 0.137 e. The lowest BCUT2D eigenvalue weighted by atomic mass is 10.1. The maximum absolute atomic E-state index is 9.78. The van der Waals surface area contributed by atoms with E-state index in [0.717, 1.165) is 61.5 Å². The molecule has 3 aromatic rings. The number of hydrogen-bond acceptors (Lipinski definition) is 7. The van der Waals surface area contributed by atoms with Crippen LogP contribution in [0.2, 0.25) is 0 Å². The number of aliphatic hydroxyl groups excluding tert-OH is 1. The van der Waals surface area contributed by atoms with Crippen LogP contribution < -0.4 is 4.74 Å². The van der Waals surface area contributed by atoms with Crippen molar-refractivity contribution in [2.24, 2.45) is 0 Å². The van der Waals surface area contributed by atoms with E-state index in [1.54, 1.807) is 6.20 Å². The fourth-order valence-corrected chi connectivity index (χ4v) is 4.73. The SMILES string of the molecule is N#Cc1cc(-c2ccnc(Cc3cccc(CN4CCC(O)C4)c3)n2)ccc1OC1CCOCC1. The molecule has 0 bridgehead atoms. The molecule has 180 valence electrons. The van der Waals surface area contributed by atoms with Crippen molar-refractivity contribution >= 4 is 0 Å². The van der Waals surface area contributed by atoms with Gasteiger partial charge in [-0.1, -0.05) is 24.3 Å². The summed E-state index contributed by atoms with van der Waals surface area (Å²) in [4.78, 5) is 11.5. The quantitative estimate of drug-likeness (QED) is 0.563. The lowest BCUT2D eigenvalue weighted by molar-refractivity contribution is 0.0254. The number of nitriles is 1. The Labute approximate surface area is 206 Å². The average molecular weight is 471 g/mol. The predicted molar refractivity (Wildman–Crippen MR) is 132 cm³/mol. The van der Waals surface area contributed by atoms with Crippen LogP contribution in [0.25, 0.3) is 11.3 Å². The summed E-state index contributed by atoms with van der Waals surface area (Å²) in [6, 6.07) is 18.3. The second-order valence-electron chi connectivity index (χ2n) is 9.28. The number of aliphatic hydroxyl groups is 1. The molecular weight excluding hydrogens is 440 g/mol. The lowest BCUT2D eigenvalue weighted by Crippen LogP contribution is -2.26. The fourth-order valence-electron chi connectivity index (χ4n) is 4.73. The molecule has 2 fully saturated rings. The van der Waals surface area contributed by atoms with Crippen LogP contribution in [0.3, 0.4) is 0 Å². The Morgan fingerprint density at radius 1 is 1.09 bits per heavy atom. The number of β-amino-alcohol motifs (C(OH)–C–C–N with tert-alkyl or cyclic N) is 1. The maximum Gasteiger partial charge on any atom is 0.137 e. The minimum atomic E-state index is -0.210. The van der Waals surface area contributed by atoms with Gasteiger partial charge in [0.2, 0.25) is 0 Å². The number of likely N-dealkylation sites (tertiary alicyclic amines) is 1. The van der Waals surface area contributed by atoms with E-state index in [2.05, 4.69) is 40.2 Å². The Bertz CT molecular complexity index is 1200. The van der Waals surface area contributed by atoms with Gasteiger partial charge in [-0.25, -0.2) is 9.97 Å². The number of aromatic nitrogens is 2. The summed E-state index contributed by atoms with van der Waals surface area (Å²) >= 11 is 0. The van der Waals surface area contributed by atoms with E-state index < -0.39 is 0 Å². The van der Waals surface area contributed by atoms with Crippen LogP contribution in [-0.4, -0.2) is 58.5 Å². The summed E-state index contributed by atoms with van der Waals surface area (Å²) in [6.07, 6.45) is 4.78. The molecule has 0 radical (unpaired) electrons. The second-order valence-corrected chi connectivity index (χ2v) is 9.28. The summed E-state index contributed by atoms with van der Waals surface area (Å²) < 4.78 is 11.5. The Hall–Kier alpha value is -3.31. The maximum atomic E-state index is 9.78. The van der Waals surface area contributed by atoms with Gasteiger partial charge in [-0.3, -0.25) is 4.90 Å². The highest BCUT2D eigenvalue weighted by Gasteiger charge is 2.20. The molecule has 1 unspecified atom stereocenters. The first-order chi connectivity index (χ1) is 17.2. The van der Waals surface area contributed by atoms with Gasteiger partial charge in [0, 0.05) is 50.7 Å². The zero-order valence-corrected chi connectivity index (χ0v) is 19.8. The molecule has 2 aromatic carbocycles. The van der Waals surface area contributed by atoms with Gasteiger partial charge in [-0.15, -0.1) is 0 Å². The van der Waals surface area contributed by atoms with Gasteiger partial charge in [0.15, 0.2) is 0 Å². The Kier molecular flexibility index (Phi) is 7.34. The number of hydrogen-bond donors (Lipinski definition) is 1. The van der Waals surface area contributed by atoms with Crippen LogP contribution in [0.4, 0.5) is 0 Å². The summed E-state index contributed by atoms with van der Waals surface area (Å²) in [5.74, 6) is 1.34. The lowest BCUT2D eigenvalue weighted by Gasteiger charge is -2.23. The number of benzene rings is 2. The molecule has 3 heterocycles. The molecular formula is C28H30N4O3. The average Bonchev–Trinajstić information content (AvgIpc) is 3.29. The van der Waals surface area contributed by atoms with Crippen LogP contribution in [0, 0.1) is 11.3 Å². The van der Waals surface area contributed by atoms with Gasteiger partial charge in [0.05, 0.1) is 30.6 Å². The zero-order chi connectivity index (χ0) is 24.0. The van der Waals surface area contributed by atoms with Crippen LogP contribution in [-0.2, 0) is 17.7 Å². The van der Waals surface area contributed by atoms with Crippen molar-refractivity contribution in [1.29, 1.82) is 5.26 Å². The first kappa shape index (κ1) is 23.4. The summed E-state index contributed by atoms with van der Waals surface area (Å²) in [6.45, 7) is 3.89. The minimum Gasteiger partial charge on any atom is -0.489 e. The topological polar surface area (TPSA) is 91.5 Å². The minimum absolute atomic E-state index is 0.0821. The first-order valence-electron chi connectivity index (χ1n) is 12.3. The van der Waals surface area contributed by atoms with Crippen molar-refractivity contribution in [3.05, 3.63) is 77.2 Å². The van der Waals surface area contributed by atoms with Gasteiger partial charge in [-0.05, 0) is 41.8 Å². The molecule has 2 saturated heterocycles. The molecule has 7 heteroatoms. The van der Waals surface area contributed by atoms with E-state index in [9.17, 15) is 10.4 Å². The highest BCUT2D eigenvalue weighted by Crippen LogP contribution is 2.28. The predicted octanol–water partition coefficient (Wildman–Crippen LogP) is 3.73. The summed E-state index contributed by atoms with van der Waals surface area (Å²) in [5.41, 5.74) is 4.54. The van der Waals surface area contributed by atoms with E-state index in [-0.39, 0.29) is 12.2 Å². The highest BCUT2D eigenvalue weighted by atomic mass is 16.5. The molecule has 1 aromatic heterocycles. The van der Waals surface area contributed by atoms with Crippen molar-refractivity contribution in [2.45, 2.75) is 44.4 Å². The molecule has 1 N–H and O–H groups in total. The van der Waals surface area contributed by atoms with Gasteiger partial charge in [-0.2, -0.15) is 5.26 Å². The molecule has 35 heavy (non-hydrogen) atoms. The van der Waals surface area contributed by atoms with Crippen LogP contribution >= 0.6 is 0 Å². The third-order valence-electron chi connectivity index (χ3n) is 6.57. The van der Waals surface area contributed by atoms with Gasteiger partial charge < -0.3 is 14.6 Å². The molecule has 7 nitrogen and oxygen atoms in total. The molecule has 0 amide bonds. The van der Waals surface area contributed by atoms with Crippen molar-refractivity contribution in [2.75, 3.05) is 26.3 Å². The first-order valence-corrected chi connectivity index (χ1v) is 12.3. The van der Waals surface area contributed by atoms with Gasteiger partial charge >= 0.3 is 0 Å². The third-order valence-corrected chi connectivity index (χ3v) is 6.57. The molecule has 0 saturated carbocycles. The zero-order valence-electron chi connectivity index (χ0n) is 19.8. The highest BCUT2D eigenvalue weighted by molar-refractivity contribution is 5.64. The van der Waals surface area contributed by atoms with Crippen molar-refractivity contribution in [3.8, 4) is 23.1 Å². The van der Waals surface area contributed by atoms with Crippen molar-refractivity contribution < 1.29 is 14.6 Å². The van der Waals surface area contributed by atoms with E-state index in [4.69, 9.17) is 14.5 Å². The molecule has 1 atom stereocenters. The van der Waals surface area contributed by atoms with Crippen molar-refractivity contribution in [3.63, 3.8) is 0 Å². The van der Waals surface area contributed by atoms with E-state index in [0.29, 0.717) is 30.9 Å². The second kappa shape index (κ2) is 11.0. The Morgan fingerprint density at radius 3 is 2.74 bits per heavy atom. The molecule has 2 aliphatic rings. The van der Waals surface area contributed by atoms with Crippen molar-refractivity contribution in [1.82, 2.24) is 14.9 Å². The Morgan fingerprint density at radius 2 is 1.94 bits per heavy atom. The van der Waals surface area contributed by atoms with Crippen LogP contribution in [0.5, 0.6) is 5.75 Å². The largest absolute Gasteiger partial charge is 0.489 e. The van der Waals surface area contributed by atoms with Crippen LogP contribution in [0.1, 0.15) is 41.8 Å². The molecule has 5 rings (SSSR count). The summed E-state index contributed by atoms with van der Waals surface area (Å²) in [7, 11) is 0. The van der Waals surface area contributed by atoms with E-state index in [1.165, 1.54) is 5.56 Å². The standard InChI is InChI=1S/C28H30N4O3/c29-17-23-16-22(4-5-27(23)35-25-8-12-34-13-9-25)26-6-10-30-28(31-26)15-20-2-1-3-21(14-20)18-32-11-7-24(33)19-32/h1-6,10,14,16,24-25,33H,7-9,11-13,15,18-19H2. The fraction of sp³-hybridized carbons (Fsp3) is 0.393. The third kappa shape index (κ3) is 6.04. The van der Waals surface area contributed by atoms with E-state index in [1.807, 2.05) is 24.3 Å². The number of rotatable bonds is 7. The number of ether oxygens (including phenoxy) is 2. The molecule has 0 aliphatic carbocycles. The van der Waals surface area contributed by atoms with Gasteiger partial charge in [0.25, 0.3) is 0 Å². The molecule has 2 aliphatic heterocycles. The normalized spacial score (nSPS) is 18.9. The monoisotopic (exact) mass is 470 g/mol. The van der Waals surface area contributed by atoms with E-state index >= 15 is 0 Å². The van der Waals surface area contributed by atoms with Crippen LogP contribution in [0.15, 0.2) is 54.7 Å². The summed E-state index contributed by atoms with van der Waals surface area (Å²) in [5, 5.41) is 19.5.